The summed E-state index contributed by atoms with van der Waals surface area (Å²) in [7, 11) is 0. The third-order valence-corrected chi connectivity index (χ3v) is 2.98. The van der Waals surface area contributed by atoms with Crippen molar-refractivity contribution in [3.63, 3.8) is 0 Å². The van der Waals surface area contributed by atoms with Gasteiger partial charge in [-0.3, -0.25) is 0 Å². The molecule has 1 radical (unpaired) electrons. The molecule has 0 heterocycles. The number of benzene rings is 1. The highest BCUT2D eigenvalue weighted by molar-refractivity contribution is 5.29. The lowest BCUT2D eigenvalue weighted by molar-refractivity contribution is 0.361. The summed E-state index contributed by atoms with van der Waals surface area (Å²) in [5.74, 6) is 1.73. The lowest BCUT2D eigenvalue weighted by atomic mass is 9.98. The fourth-order valence-corrected chi connectivity index (χ4v) is 2.21. The zero-order chi connectivity index (χ0) is 9.80. The van der Waals surface area contributed by atoms with Crippen molar-refractivity contribution in [2.45, 2.75) is 31.6 Å². The molecule has 0 atom stereocenters. The molecule has 1 nitrogen and oxygen atoms in total. The highest BCUT2D eigenvalue weighted by Gasteiger charge is 2.16. The van der Waals surface area contributed by atoms with E-state index in [0.717, 1.165) is 11.7 Å². The van der Waals surface area contributed by atoms with Crippen LogP contribution in [0, 0.1) is 6.92 Å². The van der Waals surface area contributed by atoms with E-state index in [9.17, 15) is 0 Å². The second kappa shape index (κ2) is 4.50. The Labute approximate surface area is 86.1 Å². The first kappa shape index (κ1) is 9.57. The van der Waals surface area contributed by atoms with Crippen molar-refractivity contribution in [2.75, 3.05) is 6.61 Å². The van der Waals surface area contributed by atoms with Gasteiger partial charge in [-0.25, -0.2) is 0 Å². The Morgan fingerprint density at radius 3 is 2.36 bits per heavy atom. The molecular formula is C13H17O. The predicted octanol–water partition coefficient (Wildman–Crippen LogP) is 3.56. The largest absolute Gasteiger partial charge is 0.494 e. The van der Waals surface area contributed by atoms with Gasteiger partial charge in [-0.1, -0.05) is 25.0 Å². The van der Waals surface area contributed by atoms with Crippen molar-refractivity contribution in [2.24, 2.45) is 0 Å². The van der Waals surface area contributed by atoms with Crippen molar-refractivity contribution in [3.8, 4) is 5.75 Å². The first-order valence-electron chi connectivity index (χ1n) is 5.42. The van der Waals surface area contributed by atoms with Gasteiger partial charge in [-0.15, -0.1) is 0 Å². The molecule has 1 aliphatic rings. The van der Waals surface area contributed by atoms with Crippen LogP contribution in [0.15, 0.2) is 24.3 Å². The summed E-state index contributed by atoms with van der Waals surface area (Å²) >= 11 is 0. The Morgan fingerprint density at radius 2 is 1.79 bits per heavy atom. The van der Waals surface area contributed by atoms with Gasteiger partial charge in [-0.2, -0.15) is 0 Å². The molecule has 1 heteroatoms. The van der Waals surface area contributed by atoms with E-state index >= 15 is 0 Å². The van der Waals surface area contributed by atoms with Gasteiger partial charge in [0.2, 0.25) is 0 Å². The average molecular weight is 189 g/mol. The molecule has 2 rings (SSSR count). The molecule has 75 valence electrons. The highest BCUT2D eigenvalue weighted by atomic mass is 16.5. The molecule has 1 aromatic carbocycles. The Morgan fingerprint density at radius 1 is 1.14 bits per heavy atom. The van der Waals surface area contributed by atoms with Crippen LogP contribution < -0.4 is 4.74 Å². The first-order valence-corrected chi connectivity index (χ1v) is 5.42. The van der Waals surface area contributed by atoms with E-state index in [2.05, 4.69) is 31.2 Å². The van der Waals surface area contributed by atoms with E-state index in [1.807, 2.05) is 0 Å². The van der Waals surface area contributed by atoms with E-state index in [1.165, 1.54) is 31.2 Å². The van der Waals surface area contributed by atoms with Crippen LogP contribution in [-0.2, 0) is 0 Å². The summed E-state index contributed by atoms with van der Waals surface area (Å²) in [5.41, 5.74) is 1.47. The molecule has 0 amide bonds. The van der Waals surface area contributed by atoms with Crippen molar-refractivity contribution >= 4 is 0 Å². The Bertz CT molecular complexity index is 270. The lowest BCUT2D eigenvalue weighted by Crippen LogP contribution is -1.94. The molecule has 0 aliphatic heterocycles. The maximum atomic E-state index is 5.31. The monoisotopic (exact) mass is 189 g/mol. The van der Waals surface area contributed by atoms with E-state index in [4.69, 9.17) is 4.74 Å². The van der Waals surface area contributed by atoms with Gasteiger partial charge in [0.05, 0.1) is 6.61 Å². The maximum absolute atomic E-state index is 5.31. The summed E-state index contributed by atoms with van der Waals surface area (Å²) in [4.78, 5) is 0. The van der Waals surface area contributed by atoms with Crippen LogP contribution in [0.1, 0.15) is 37.2 Å². The van der Waals surface area contributed by atoms with Gasteiger partial charge in [0.1, 0.15) is 5.75 Å². The van der Waals surface area contributed by atoms with E-state index in [1.54, 1.807) is 0 Å². The summed E-state index contributed by atoms with van der Waals surface area (Å²) in [6, 6.07) is 8.50. The zero-order valence-electron chi connectivity index (χ0n) is 8.54. The SMILES string of the molecule is [CH2]COc1ccc(C2CCCC2)cc1. The minimum absolute atomic E-state index is 0.503. The molecule has 0 aromatic heterocycles. The molecule has 0 spiro atoms. The second-order valence-corrected chi connectivity index (χ2v) is 3.90. The van der Waals surface area contributed by atoms with Crippen LogP contribution in [0.4, 0.5) is 0 Å². The number of hydrogen-bond acceptors (Lipinski definition) is 1. The molecule has 0 bridgehead atoms. The van der Waals surface area contributed by atoms with Gasteiger partial charge >= 0.3 is 0 Å². The molecule has 0 saturated heterocycles. The van der Waals surface area contributed by atoms with Crippen LogP contribution >= 0.6 is 0 Å². The Hall–Kier alpha value is -0.980. The van der Waals surface area contributed by atoms with Crippen LogP contribution in [-0.4, -0.2) is 6.61 Å². The summed E-state index contributed by atoms with van der Waals surface area (Å²) in [5, 5.41) is 0. The standard InChI is InChI=1S/C13H17O/c1-2-14-13-9-7-12(8-10-13)11-5-3-4-6-11/h7-11H,1-6H2. The first-order chi connectivity index (χ1) is 6.90. The molecule has 1 aliphatic carbocycles. The van der Waals surface area contributed by atoms with Crippen molar-refractivity contribution in [1.29, 1.82) is 0 Å². The summed E-state index contributed by atoms with van der Waals surface area (Å²) in [6.45, 7) is 4.16. The molecule has 1 saturated carbocycles. The van der Waals surface area contributed by atoms with Crippen LogP contribution in [0.3, 0.4) is 0 Å². The van der Waals surface area contributed by atoms with Crippen molar-refractivity contribution < 1.29 is 4.74 Å². The second-order valence-electron chi connectivity index (χ2n) is 3.90. The Kier molecular flexibility index (Phi) is 3.07. The Balaban J connectivity index is 2.05. The molecule has 1 fully saturated rings. The highest BCUT2D eigenvalue weighted by Crippen LogP contribution is 2.34. The van der Waals surface area contributed by atoms with Gasteiger partial charge < -0.3 is 4.74 Å². The van der Waals surface area contributed by atoms with E-state index in [-0.39, 0.29) is 0 Å². The number of hydrogen-bond donors (Lipinski definition) is 0. The molecule has 14 heavy (non-hydrogen) atoms. The fraction of sp³-hybridized carbons (Fsp3) is 0.462. The van der Waals surface area contributed by atoms with Crippen molar-refractivity contribution in [3.05, 3.63) is 36.8 Å². The molecule has 0 unspecified atom stereocenters. The third kappa shape index (κ3) is 2.09. The van der Waals surface area contributed by atoms with Gasteiger partial charge in [0.25, 0.3) is 0 Å². The minimum atomic E-state index is 0.503. The van der Waals surface area contributed by atoms with Crippen LogP contribution in [0.25, 0.3) is 0 Å². The zero-order valence-corrected chi connectivity index (χ0v) is 8.54. The molecular weight excluding hydrogens is 172 g/mol. The topological polar surface area (TPSA) is 9.23 Å². The number of ether oxygens (including phenoxy) is 1. The maximum Gasteiger partial charge on any atom is 0.119 e. The van der Waals surface area contributed by atoms with Gasteiger partial charge in [-0.05, 0) is 43.4 Å². The minimum Gasteiger partial charge on any atom is -0.494 e. The quantitative estimate of drug-likeness (QED) is 0.706. The van der Waals surface area contributed by atoms with Crippen LogP contribution in [0.2, 0.25) is 0 Å². The summed E-state index contributed by atoms with van der Waals surface area (Å²) in [6.07, 6.45) is 5.49. The fourth-order valence-electron chi connectivity index (χ4n) is 2.21. The molecule has 0 N–H and O–H groups in total. The predicted molar refractivity (Wildman–Crippen MR) is 58.5 cm³/mol. The molecule has 1 aromatic rings. The normalized spacial score (nSPS) is 17.2. The average Bonchev–Trinajstić information content (AvgIpc) is 2.72. The third-order valence-electron chi connectivity index (χ3n) is 2.98. The van der Waals surface area contributed by atoms with Gasteiger partial charge in [0, 0.05) is 0 Å². The summed E-state index contributed by atoms with van der Waals surface area (Å²) < 4.78 is 5.31. The van der Waals surface area contributed by atoms with Crippen LogP contribution in [0.5, 0.6) is 5.75 Å². The lowest BCUT2D eigenvalue weighted by Gasteiger charge is -2.10. The smallest absolute Gasteiger partial charge is 0.119 e. The van der Waals surface area contributed by atoms with Gasteiger partial charge in [0.15, 0.2) is 0 Å². The van der Waals surface area contributed by atoms with Crippen molar-refractivity contribution in [1.82, 2.24) is 0 Å². The van der Waals surface area contributed by atoms with E-state index in [0.29, 0.717) is 6.61 Å². The van der Waals surface area contributed by atoms with E-state index < -0.39 is 0 Å². The number of rotatable bonds is 3.